The zero-order chi connectivity index (χ0) is 9.26. The Bertz CT molecular complexity index is 365. The van der Waals surface area contributed by atoms with Gasteiger partial charge in [0.05, 0.1) is 10.0 Å². The highest BCUT2D eigenvalue weighted by Gasteiger charge is 2.02. The average molecular weight is 210 g/mol. The van der Waals surface area contributed by atoms with Gasteiger partial charge in [-0.3, -0.25) is 0 Å². The second kappa shape index (κ2) is 3.55. The van der Waals surface area contributed by atoms with Gasteiger partial charge in [0.15, 0.2) is 0 Å². The van der Waals surface area contributed by atoms with Crippen molar-refractivity contribution in [1.29, 1.82) is 0 Å². The lowest BCUT2D eigenvalue weighted by molar-refractivity contribution is 1.21. The first kappa shape index (κ1) is 8.84. The summed E-state index contributed by atoms with van der Waals surface area (Å²) in [4.78, 5) is 11.1. The molecule has 2 aromatic rings. The van der Waals surface area contributed by atoms with Gasteiger partial charge in [-0.15, -0.1) is 22.7 Å². The summed E-state index contributed by atoms with van der Waals surface area (Å²) in [6.07, 6.45) is 4.89. The highest BCUT2D eigenvalue weighted by Crippen LogP contribution is 2.20. The van der Waals surface area contributed by atoms with Crippen molar-refractivity contribution < 1.29 is 0 Å². The van der Waals surface area contributed by atoms with Crippen LogP contribution in [-0.4, -0.2) is 9.97 Å². The molecular weight excluding hydrogens is 200 g/mol. The number of nitrogens with zero attached hydrogens (tertiary/aromatic N) is 2. The number of thiazole rings is 2. The SMILES string of the molecule is Cc1ncc(Cc2cnc(C)s2)s1. The van der Waals surface area contributed by atoms with Crippen molar-refractivity contribution in [2.24, 2.45) is 0 Å². The van der Waals surface area contributed by atoms with E-state index < -0.39 is 0 Å². The molecule has 0 aliphatic heterocycles. The second-order valence-electron chi connectivity index (χ2n) is 2.87. The zero-order valence-corrected chi connectivity index (χ0v) is 9.21. The lowest BCUT2D eigenvalue weighted by Gasteiger charge is -1.88. The van der Waals surface area contributed by atoms with E-state index >= 15 is 0 Å². The Morgan fingerprint density at radius 3 is 1.77 bits per heavy atom. The van der Waals surface area contributed by atoms with Crippen molar-refractivity contribution in [3.8, 4) is 0 Å². The monoisotopic (exact) mass is 210 g/mol. The van der Waals surface area contributed by atoms with Gasteiger partial charge in [-0.2, -0.15) is 0 Å². The van der Waals surface area contributed by atoms with Gasteiger partial charge in [-0.1, -0.05) is 0 Å². The van der Waals surface area contributed by atoms with E-state index in [1.165, 1.54) is 9.75 Å². The summed E-state index contributed by atoms with van der Waals surface area (Å²) in [5, 5.41) is 2.27. The molecule has 2 aromatic heterocycles. The maximum absolute atomic E-state index is 4.22. The minimum absolute atomic E-state index is 0.983. The first-order valence-electron chi connectivity index (χ1n) is 4.06. The standard InChI is InChI=1S/C9H10N2S2/c1-6-10-4-8(12-6)3-9-5-11-7(2)13-9/h4-5H,3H2,1-2H3. The van der Waals surface area contributed by atoms with Gasteiger partial charge in [0.25, 0.3) is 0 Å². The fraction of sp³-hybridized carbons (Fsp3) is 0.333. The number of hydrogen-bond donors (Lipinski definition) is 0. The van der Waals surface area contributed by atoms with Gasteiger partial charge >= 0.3 is 0 Å². The van der Waals surface area contributed by atoms with Crippen molar-refractivity contribution >= 4 is 22.7 Å². The molecule has 0 aliphatic carbocycles. The third-order valence-electron chi connectivity index (χ3n) is 1.69. The minimum Gasteiger partial charge on any atom is -0.250 e. The molecule has 0 saturated heterocycles. The number of aromatic nitrogens is 2. The summed E-state index contributed by atoms with van der Waals surface area (Å²) in [5.41, 5.74) is 0. The van der Waals surface area contributed by atoms with E-state index in [2.05, 4.69) is 9.97 Å². The summed E-state index contributed by atoms with van der Waals surface area (Å²) in [7, 11) is 0. The van der Waals surface area contributed by atoms with Crippen molar-refractivity contribution in [2.75, 3.05) is 0 Å². The quantitative estimate of drug-likeness (QED) is 0.761. The number of aryl methyl sites for hydroxylation is 2. The normalized spacial score (nSPS) is 10.6. The Hall–Kier alpha value is -0.740. The predicted octanol–water partition coefficient (Wildman–Crippen LogP) is 2.81. The van der Waals surface area contributed by atoms with Crippen LogP contribution in [0, 0.1) is 13.8 Å². The fourth-order valence-electron chi connectivity index (χ4n) is 1.15. The van der Waals surface area contributed by atoms with Crippen LogP contribution in [0.1, 0.15) is 19.8 Å². The Labute approximate surface area is 85.3 Å². The van der Waals surface area contributed by atoms with Gasteiger partial charge in [0.2, 0.25) is 0 Å². The molecule has 0 saturated carbocycles. The zero-order valence-electron chi connectivity index (χ0n) is 7.57. The van der Waals surface area contributed by atoms with Crippen LogP contribution in [0.15, 0.2) is 12.4 Å². The van der Waals surface area contributed by atoms with E-state index in [1.54, 1.807) is 22.7 Å². The van der Waals surface area contributed by atoms with Crippen molar-refractivity contribution in [3.63, 3.8) is 0 Å². The van der Waals surface area contributed by atoms with Crippen LogP contribution in [0.4, 0.5) is 0 Å². The molecule has 0 N–H and O–H groups in total. The lowest BCUT2D eigenvalue weighted by atomic mass is 10.3. The van der Waals surface area contributed by atoms with Crippen LogP contribution >= 0.6 is 22.7 Å². The molecule has 68 valence electrons. The topological polar surface area (TPSA) is 25.8 Å². The van der Waals surface area contributed by atoms with Crippen molar-refractivity contribution in [1.82, 2.24) is 9.97 Å². The molecule has 0 aliphatic rings. The Morgan fingerprint density at radius 2 is 1.46 bits per heavy atom. The maximum Gasteiger partial charge on any atom is 0.0896 e. The molecule has 0 atom stereocenters. The molecule has 0 fully saturated rings. The molecule has 0 bridgehead atoms. The van der Waals surface area contributed by atoms with E-state index in [-0.39, 0.29) is 0 Å². The third kappa shape index (κ3) is 2.14. The van der Waals surface area contributed by atoms with E-state index in [9.17, 15) is 0 Å². The molecule has 4 heteroatoms. The second-order valence-corrected chi connectivity index (χ2v) is 5.51. The molecule has 0 aromatic carbocycles. The van der Waals surface area contributed by atoms with E-state index in [0.717, 1.165) is 16.4 Å². The summed E-state index contributed by atoms with van der Waals surface area (Å²) in [5.74, 6) is 0. The first-order chi connectivity index (χ1) is 6.24. The van der Waals surface area contributed by atoms with E-state index in [0.29, 0.717) is 0 Å². The summed E-state index contributed by atoms with van der Waals surface area (Å²) in [6.45, 7) is 4.07. The Morgan fingerprint density at radius 1 is 1.00 bits per heavy atom. The summed E-state index contributed by atoms with van der Waals surface area (Å²) < 4.78 is 0. The van der Waals surface area contributed by atoms with Crippen LogP contribution in [0.3, 0.4) is 0 Å². The molecule has 0 radical (unpaired) electrons. The molecule has 2 rings (SSSR count). The van der Waals surface area contributed by atoms with E-state index in [4.69, 9.17) is 0 Å². The van der Waals surface area contributed by atoms with Crippen molar-refractivity contribution in [3.05, 3.63) is 32.2 Å². The summed E-state index contributed by atoms with van der Waals surface area (Å²) >= 11 is 3.52. The minimum atomic E-state index is 0.983. The van der Waals surface area contributed by atoms with Gasteiger partial charge in [-0.25, -0.2) is 9.97 Å². The third-order valence-corrected chi connectivity index (χ3v) is 3.51. The first-order valence-corrected chi connectivity index (χ1v) is 5.70. The molecule has 2 heterocycles. The number of rotatable bonds is 2. The molecule has 13 heavy (non-hydrogen) atoms. The highest BCUT2D eigenvalue weighted by molar-refractivity contribution is 7.13. The maximum atomic E-state index is 4.22. The predicted molar refractivity (Wildman–Crippen MR) is 56.5 cm³/mol. The van der Waals surface area contributed by atoms with E-state index in [1.807, 2.05) is 26.2 Å². The van der Waals surface area contributed by atoms with Gasteiger partial charge in [-0.05, 0) is 13.8 Å². The molecular formula is C9H10N2S2. The average Bonchev–Trinajstić information content (AvgIpc) is 2.62. The molecule has 0 spiro atoms. The smallest absolute Gasteiger partial charge is 0.0896 e. The van der Waals surface area contributed by atoms with Crippen LogP contribution in [0.2, 0.25) is 0 Å². The molecule has 0 unspecified atom stereocenters. The van der Waals surface area contributed by atoms with Gasteiger partial charge in [0, 0.05) is 28.6 Å². The Balaban J connectivity index is 2.14. The van der Waals surface area contributed by atoms with Gasteiger partial charge < -0.3 is 0 Å². The summed E-state index contributed by atoms with van der Waals surface area (Å²) in [6, 6.07) is 0. The van der Waals surface area contributed by atoms with Gasteiger partial charge in [0.1, 0.15) is 0 Å². The van der Waals surface area contributed by atoms with Crippen molar-refractivity contribution in [2.45, 2.75) is 20.3 Å². The lowest BCUT2D eigenvalue weighted by Crippen LogP contribution is -1.77. The van der Waals surface area contributed by atoms with Crippen LogP contribution < -0.4 is 0 Å². The van der Waals surface area contributed by atoms with Crippen LogP contribution in [-0.2, 0) is 6.42 Å². The number of hydrogen-bond acceptors (Lipinski definition) is 4. The molecule has 2 nitrogen and oxygen atoms in total. The molecule has 0 amide bonds. The fourth-order valence-corrected chi connectivity index (χ4v) is 2.87. The van der Waals surface area contributed by atoms with Crippen LogP contribution in [0.5, 0.6) is 0 Å². The largest absolute Gasteiger partial charge is 0.250 e. The Kier molecular flexibility index (Phi) is 2.42. The highest BCUT2D eigenvalue weighted by atomic mass is 32.1. The van der Waals surface area contributed by atoms with Crippen LogP contribution in [0.25, 0.3) is 0 Å².